The van der Waals surface area contributed by atoms with Crippen molar-refractivity contribution in [3.8, 4) is 0 Å². The third kappa shape index (κ3) is 2.05. The predicted octanol–water partition coefficient (Wildman–Crippen LogP) is 3.09. The number of nitrogens with zero attached hydrogens (tertiary/aromatic N) is 2. The molecule has 0 aliphatic rings. The second kappa shape index (κ2) is 4.81. The Balaban J connectivity index is 2.06. The molecule has 100 valence electrons. The van der Waals surface area contributed by atoms with Crippen molar-refractivity contribution in [2.75, 3.05) is 0 Å². The van der Waals surface area contributed by atoms with Crippen LogP contribution in [0.15, 0.2) is 48.8 Å². The van der Waals surface area contributed by atoms with Gasteiger partial charge in [0.25, 0.3) is 0 Å². The summed E-state index contributed by atoms with van der Waals surface area (Å²) < 4.78 is 2.05. The standard InChI is InChI=1S/C16H14N2O2/c1-11-4-2-6-14-13(11)7-9-18(14)10-12-5-3-8-17-15(12)16(19)20/h2-9H,10H2,1H3,(H,19,20). The fraction of sp³-hybridized carbons (Fsp3) is 0.125. The Morgan fingerprint density at radius 2 is 2.10 bits per heavy atom. The molecule has 2 aromatic heterocycles. The van der Waals surface area contributed by atoms with Crippen molar-refractivity contribution in [1.82, 2.24) is 9.55 Å². The van der Waals surface area contributed by atoms with Gasteiger partial charge in [-0.25, -0.2) is 9.78 Å². The largest absolute Gasteiger partial charge is 0.477 e. The molecule has 2 heterocycles. The fourth-order valence-electron chi connectivity index (χ4n) is 2.46. The van der Waals surface area contributed by atoms with Crippen LogP contribution in [0.1, 0.15) is 21.6 Å². The maximum absolute atomic E-state index is 11.2. The zero-order valence-corrected chi connectivity index (χ0v) is 11.1. The molecule has 0 fully saturated rings. The second-order valence-corrected chi connectivity index (χ2v) is 4.77. The van der Waals surface area contributed by atoms with Gasteiger partial charge in [0.05, 0.1) is 0 Å². The summed E-state index contributed by atoms with van der Waals surface area (Å²) in [5.41, 5.74) is 3.14. The minimum absolute atomic E-state index is 0.113. The summed E-state index contributed by atoms with van der Waals surface area (Å²) in [5, 5.41) is 10.4. The van der Waals surface area contributed by atoms with E-state index < -0.39 is 5.97 Å². The average Bonchev–Trinajstić information content (AvgIpc) is 2.84. The molecule has 0 aliphatic heterocycles. The Labute approximate surface area is 116 Å². The molecule has 0 amide bonds. The van der Waals surface area contributed by atoms with Gasteiger partial charge in [-0.3, -0.25) is 0 Å². The molecule has 3 aromatic rings. The molecule has 20 heavy (non-hydrogen) atoms. The van der Waals surface area contributed by atoms with Crippen molar-refractivity contribution in [3.05, 3.63) is 65.6 Å². The number of pyridine rings is 1. The van der Waals surface area contributed by atoms with E-state index in [9.17, 15) is 9.90 Å². The Bertz CT molecular complexity index is 790. The molecule has 4 nitrogen and oxygen atoms in total. The maximum Gasteiger partial charge on any atom is 0.354 e. The first-order valence-electron chi connectivity index (χ1n) is 6.38. The van der Waals surface area contributed by atoms with Crippen LogP contribution < -0.4 is 0 Å². The summed E-state index contributed by atoms with van der Waals surface area (Å²) in [5.74, 6) is -0.992. The molecule has 0 unspecified atom stereocenters. The molecule has 0 atom stereocenters. The fourth-order valence-corrected chi connectivity index (χ4v) is 2.46. The van der Waals surface area contributed by atoms with Gasteiger partial charge < -0.3 is 9.67 Å². The van der Waals surface area contributed by atoms with Crippen molar-refractivity contribution < 1.29 is 9.90 Å². The lowest BCUT2D eigenvalue weighted by Gasteiger charge is -2.08. The van der Waals surface area contributed by atoms with E-state index in [0.29, 0.717) is 12.1 Å². The molecule has 3 rings (SSSR count). The monoisotopic (exact) mass is 266 g/mol. The van der Waals surface area contributed by atoms with Gasteiger partial charge in [-0.05, 0) is 30.7 Å². The average molecular weight is 266 g/mol. The molecule has 1 N–H and O–H groups in total. The number of carbonyl (C=O) groups is 1. The van der Waals surface area contributed by atoms with Gasteiger partial charge in [-0.2, -0.15) is 0 Å². The van der Waals surface area contributed by atoms with E-state index in [0.717, 1.165) is 5.52 Å². The molecule has 0 spiro atoms. The van der Waals surface area contributed by atoms with Crippen molar-refractivity contribution in [3.63, 3.8) is 0 Å². The Kier molecular flexibility index (Phi) is 2.99. The van der Waals surface area contributed by atoms with Crippen LogP contribution in [-0.4, -0.2) is 20.6 Å². The SMILES string of the molecule is Cc1cccc2c1ccn2Cc1cccnc1C(=O)O. The van der Waals surface area contributed by atoms with E-state index in [1.807, 2.05) is 22.9 Å². The van der Waals surface area contributed by atoms with Gasteiger partial charge in [0.2, 0.25) is 0 Å². The van der Waals surface area contributed by atoms with Gasteiger partial charge >= 0.3 is 5.97 Å². The van der Waals surface area contributed by atoms with Crippen molar-refractivity contribution in [1.29, 1.82) is 0 Å². The number of carboxylic acids is 1. The number of benzene rings is 1. The van der Waals surface area contributed by atoms with Gasteiger partial charge in [-0.15, -0.1) is 0 Å². The van der Waals surface area contributed by atoms with Crippen LogP contribution in [0.4, 0.5) is 0 Å². The van der Waals surface area contributed by atoms with Crippen molar-refractivity contribution in [2.24, 2.45) is 0 Å². The molecule has 4 heteroatoms. The first kappa shape index (κ1) is 12.4. The smallest absolute Gasteiger partial charge is 0.354 e. The summed E-state index contributed by atoms with van der Waals surface area (Å²) in [6.07, 6.45) is 3.49. The van der Waals surface area contributed by atoms with Crippen LogP contribution in [-0.2, 0) is 6.54 Å². The van der Waals surface area contributed by atoms with E-state index >= 15 is 0 Å². The Hall–Kier alpha value is -2.62. The van der Waals surface area contributed by atoms with Crippen LogP contribution >= 0.6 is 0 Å². The molecule has 0 radical (unpaired) electrons. The lowest BCUT2D eigenvalue weighted by Crippen LogP contribution is -2.08. The minimum atomic E-state index is -0.992. The van der Waals surface area contributed by atoms with Crippen molar-refractivity contribution >= 4 is 16.9 Å². The van der Waals surface area contributed by atoms with Crippen LogP contribution in [0.25, 0.3) is 10.9 Å². The lowest BCUT2D eigenvalue weighted by atomic mass is 10.1. The van der Waals surface area contributed by atoms with Crippen LogP contribution in [0.2, 0.25) is 0 Å². The Morgan fingerprint density at radius 1 is 1.25 bits per heavy atom. The number of hydrogen-bond donors (Lipinski definition) is 1. The zero-order valence-electron chi connectivity index (χ0n) is 11.1. The number of aromatic carboxylic acids is 1. The maximum atomic E-state index is 11.2. The van der Waals surface area contributed by atoms with Gasteiger partial charge in [0.15, 0.2) is 5.69 Å². The number of carboxylic acid groups (broad SMARTS) is 1. The first-order valence-corrected chi connectivity index (χ1v) is 6.38. The number of fused-ring (bicyclic) bond motifs is 1. The van der Waals surface area contributed by atoms with Crippen LogP contribution in [0.3, 0.4) is 0 Å². The van der Waals surface area contributed by atoms with Crippen LogP contribution in [0.5, 0.6) is 0 Å². The highest BCUT2D eigenvalue weighted by Crippen LogP contribution is 2.21. The third-order valence-electron chi connectivity index (χ3n) is 3.47. The van der Waals surface area contributed by atoms with Crippen LogP contribution in [0, 0.1) is 6.92 Å². The summed E-state index contributed by atoms with van der Waals surface area (Å²) in [7, 11) is 0. The van der Waals surface area contributed by atoms with Gasteiger partial charge in [0.1, 0.15) is 0 Å². The van der Waals surface area contributed by atoms with Gasteiger partial charge in [0, 0.05) is 35.4 Å². The summed E-state index contributed by atoms with van der Waals surface area (Å²) in [6, 6.07) is 11.7. The molecule has 0 aliphatic carbocycles. The molecule has 0 saturated carbocycles. The lowest BCUT2D eigenvalue weighted by molar-refractivity contribution is 0.0689. The van der Waals surface area contributed by atoms with Gasteiger partial charge in [-0.1, -0.05) is 18.2 Å². The van der Waals surface area contributed by atoms with E-state index in [-0.39, 0.29) is 5.69 Å². The van der Waals surface area contributed by atoms with E-state index in [2.05, 4.69) is 24.0 Å². The molecular formula is C16H14N2O2. The highest BCUT2D eigenvalue weighted by molar-refractivity contribution is 5.87. The number of hydrogen-bond acceptors (Lipinski definition) is 2. The number of aryl methyl sites for hydroxylation is 1. The normalized spacial score (nSPS) is 10.8. The summed E-state index contributed by atoms with van der Waals surface area (Å²) >= 11 is 0. The van der Waals surface area contributed by atoms with Crippen molar-refractivity contribution in [2.45, 2.75) is 13.5 Å². The quantitative estimate of drug-likeness (QED) is 0.792. The first-order chi connectivity index (χ1) is 9.66. The van der Waals surface area contributed by atoms with E-state index in [1.165, 1.54) is 17.1 Å². The van der Waals surface area contributed by atoms with E-state index in [4.69, 9.17) is 0 Å². The predicted molar refractivity (Wildman–Crippen MR) is 77.0 cm³/mol. The molecular weight excluding hydrogens is 252 g/mol. The summed E-state index contributed by atoms with van der Waals surface area (Å²) in [4.78, 5) is 15.1. The van der Waals surface area contributed by atoms with E-state index in [1.54, 1.807) is 12.1 Å². The Morgan fingerprint density at radius 3 is 2.90 bits per heavy atom. The highest BCUT2D eigenvalue weighted by atomic mass is 16.4. The molecule has 1 aromatic carbocycles. The summed E-state index contributed by atoms with van der Waals surface area (Å²) in [6.45, 7) is 2.57. The molecule has 0 bridgehead atoms. The molecule has 0 saturated heterocycles. The topological polar surface area (TPSA) is 55.1 Å². The second-order valence-electron chi connectivity index (χ2n) is 4.77. The number of aromatic nitrogens is 2. The number of rotatable bonds is 3. The highest BCUT2D eigenvalue weighted by Gasteiger charge is 2.12. The minimum Gasteiger partial charge on any atom is -0.477 e. The zero-order chi connectivity index (χ0) is 14.1. The third-order valence-corrected chi connectivity index (χ3v) is 3.47.